The van der Waals surface area contributed by atoms with Crippen LogP contribution in [0.3, 0.4) is 0 Å². The molecule has 1 nitrogen and oxygen atoms in total. The molecule has 0 fully saturated rings. The maximum absolute atomic E-state index is 3.71. The Morgan fingerprint density at radius 1 is 0.731 bits per heavy atom. The Morgan fingerprint density at radius 2 is 1.23 bits per heavy atom. The van der Waals surface area contributed by atoms with Crippen LogP contribution in [-0.2, 0) is 12.0 Å². The maximum Gasteiger partial charge on any atom is 0.0400 e. The minimum absolute atomic E-state index is 0. The summed E-state index contributed by atoms with van der Waals surface area (Å²) in [5, 5.41) is 3.71. The third-order valence-corrected chi connectivity index (χ3v) is 5.14. The van der Waals surface area contributed by atoms with Crippen LogP contribution >= 0.6 is 12.4 Å². The first-order valence-electron chi connectivity index (χ1n) is 8.94. The second-order valence-electron chi connectivity index (χ2n) is 6.74. The van der Waals surface area contributed by atoms with E-state index >= 15 is 0 Å². The van der Waals surface area contributed by atoms with Crippen LogP contribution in [-0.4, -0.2) is 6.04 Å². The van der Waals surface area contributed by atoms with Crippen molar-refractivity contribution in [3.05, 3.63) is 120 Å². The number of allylic oxidation sites excluding steroid dienone is 1. The Morgan fingerprint density at radius 3 is 1.77 bits per heavy atom. The lowest BCUT2D eigenvalue weighted by Crippen LogP contribution is -2.31. The van der Waals surface area contributed by atoms with E-state index in [9.17, 15) is 0 Å². The van der Waals surface area contributed by atoms with Gasteiger partial charge in [0.15, 0.2) is 0 Å². The molecule has 0 amide bonds. The summed E-state index contributed by atoms with van der Waals surface area (Å²) in [4.78, 5) is 0. The largest absolute Gasteiger partial charge is 0.306 e. The highest BCUT2D eigenvalue weighted by Gasteiger charge is 2.37. The van der Waals surface area contributed by atoms with E-state index < -0.39 is 0 Å². The second-order valence-corrected chi connectivity index (χ2v) is 6.74. The lowest BCUT2D eigenvalue weighted by Gasteiger charge is -2.30. The first-order valence-corrected chi connectivity index (χ1v) is 8.94. The van der Waals surface area contributed by atoms with Crippen LogP contribution in [0, 0.1) is 0 Å². The molecule has 3 aromatic carbocycles. The van der Waals surface area contributed by atoms with Crippen molar-refractivity contribution in [1.82, 2.24) is 5.32 Å². The van der Waals surface area contributed by atoms with Crippen LogP contribution in [0.5, 0.6) is 0 Å². The molecule has 0 radical (unpaired) electrons. The third kappa shape index (κ3) is 3.75. The van der Waals surface area contributed by atoms with E-state index in [-0.39, 0.29) is 17.8 Å². The zero-order chi connectivity index (χ0) is 17.0. The predicted molar refractivity (Wildman–Crippen MR) is 112 cm³/mol. The van der Waals surface area contributed by atoms with Gasteiger partial charge in [-0.15, -0.1) is 12.4 Å². The quantitative estimate of drug-likeness (QED) is 0.590. The highest BCUT2D eigenvalue weighted by molar-refractivity contribution is 5.85. The molecule has 0 heterocycles. The molecule has 0 aliphatic heterocycles. The van der Waals surface area contributed by atoms with E-state index in [0.29, 0.717) is 6.04 Å². The smallest absolute Gasteiger partial charge is 0.0400 e. The molecule has 0 saturated carbocycles. The second kappa shape index (κ2) is 8.35. The van der Waals surface area contributed by atoms with E-state index in [0.717, 1.165) is 13.0 Å². The Kier molecular flexibility index (Phi) is 5.92. The van der Waals surface area contributed by atoms with Gasteiger partial charge in [0.1, 0.15) is 0 Å². The van der Waals surface area contributed by atoms with Crippen molar-refractivity contribution in [1.29, 1.82) is 0 Å². The minimum Gasteiger partial charge on any atom is -0.306 e. The molecule has 2 heteroatoms. The van der Waals surface area contributed by atoms with Crippen molar-refractivity contribution in [3.8, 4) is 0 Å². The fraction of sp³-hybridized carbons (Fsp3) is 0.167. The van der Waals surface area contributed by atoms with E-state index in [1.54, 1.807) is 0 Å². The molecule has 1 aliphatic carbocycles. The highest BCUT2D eigenvalue weighted by atomic mass is 35.5. The molecule has 0 saturated heterocycles. The molecular weight excluding hydrogens is 338 g/mol. The van der Waals surface area contributed by atoms with Crippen LogP contribution in [0.25, 0.3) is 0 Å². The SMILES string of the molecule is C1=CC(c2ccccc2)(c2ccccc2)CC1NCc1ccccc1.Cl. The van der Waals surface area contributed by atoms with Crippen molar-refractivity contribution in [2.24, 2.45) is 0 Å². The van der Waals surface area contributed by atoms with Gasteiger partial charge in [0.2, 0.25) is 0 Å². The summed E-state index contributed by atoms with van der Waals surface area (Å²) in [7, 11) is 0. The number of hydrogen-bond acceptors (Lipinski definition) is 1. The minimum atomic E-state index is -0.0448. The summed E-state index contributed by atoms with van der Waals surface area (Å²) in [5.41, 5.74) is 4.01. The molecule has 4 rings (SSSR count). The standard InChI is InChI=1S/C24H23N.ClH/c1-4-10-20(11-5-1)19-25-23-16-17-24(18-23,21-12-6-2-7-13-21)22-14-8-3-9-15-22;/h1-17,23,25H,18-19H2;1H. The molecule has 132 valence electrons. The van der Waals surface area contributed by atoms with Gasteiger partial charge in [0.05, 0.1) is 0 Å². The van der Waals surface area contributed by atoms with Gasteiger partial charge in [-0.1, -0.05) is 103 Å². The Bertz CT molecular complexity index is 788. The number of benzene rings is 3. The van der Waals surface area contributed by atoms with Crippen molar-refractivity contribution in [2.75, 3.05) is 0 Å². The first-order chi connectivity index (χ1) is 12.4. The summed E-state index contributed by atoms with van der Waals surface area (Å²) in [6, 6.07) is 32.7. The molecule has 3 aromatic rings. The zero-order valence-electron chi connectivity index (χ0n) is 14.7. The van der Waals surface area contributed by atoms with Crippen LogP contribution in [0.1, 0.15) is 23.1 Å². The summed E-state index contributed by atoms with van der Waals surface area (Å²) in [6.45, 7) is 0.898. The lowest BCUT2D eigenvalue weighted by molar-refractivity contribution is 0.503. The first kappa shape index (κ1) is 18.4. The third-order valence-electron chi connectivity index (χ3n) is 5.14. The molecule has 1 aliphatic rings. The van der Waals surface area contributed by atoms with Gasteiger partial charge in [0, 0.05) is 18.0 Å². The number of hydrogen-bond donors (Lipinski definition) is 1. The molecule has 1 N–H and O–H groups in total. The van der Waals surface area contributed by atoms with Crippen LogP contribution in [0.4, 0.5) is 0 Å². The van der Waals surface area contributed by atoms with E-state index in [2.05, 4.69) is 108 Å². The molecular formula is C24H24ClN. The van der Waals surface area contributed by atoms with Crippen molar-refractivity contribution < 1.29 is 0 Å². The number of nitrogens with one attached hydrogen (secondary N) is 1. The van der Waals surface area contributed by atoms with Crippen molar-refractivity contribution in [2.45, 2.75) is 24.4 Å². The molecule has 26 heavy (non-hydrogen) atoms. The lowest BCUT2D eigenvalue weighted by atomic mass is 9.74. The van der Waals surface area contributed by atoms with E-state index in [4.69, 9.17) is 0 Å². The van der Waals surface area contributed by atoms with Crippen molar-refractivity contribution in [3.63, 3.8) is 0 Å². The van der Waals surface area contributed by atoms with E-state index in [1.165, 1.54) is 16.7 Å². The van der Waals surface area contributed by atoms with Gasteiger partial charge in [-0.25, -0.2) is 0 Å². The highest BCUT2D eigenvalue weighted by Crippen LogP contribution is 2.42. The monoisotopic (exact) mass is 361 g/mol. The average molecular weight is 362 g/mol. The molecule has 1 atom stereocenters. The van der Waals surface area contributed by atoms with Gasteiger partial charge < -0.3 is 5.32 Å². The van der Waals surface area contributed by atoms with Gasteiger partial charge >= 0.3 is 0 Å². The van der Waals surface area contributed by atoms with Crippen molar-refractivity contribution >= 4 is 12.4 Å². The predicted octanol–water partition coefficient (Wildman–Crippen LogP) is 5.51. The summed E-state index contributed by atoms with van der Waals surface area (Å²) >= 11 is 0. The zero-order valence-corrected chi connectivity index (χ0v) is 15.5. The van der Waals surface area contributed by atoms with Crippen LogP contribution in [0.2, 0.25) is 0 Å². The molecule has 0 spiro atoms. The Labute approximate surface area is 162 Å². The van der Waals surface area contributed by atoms with Gasteiger partial charge in [-0.3, -0.25) is 0 Å². The fourth-order valence-electron chi connectivity index (χ4n) is 3.81. The average Bonchev–Trinajstić information content (AvgIpc) is 3.14. The van der Waals surface area contributed by atoms with Gasteiger partial charge in [-0.05, 0) is 23.1 Å². The van der Waals surface area contributed by atoms with Gasteiger partial charge in [0.25, 0.3) is 0 Å². The van der Waals surface area contributed by atoms with E-state index in [1.807, 2.05) is 0 Å². The number of rotatable bonds is 5. The Balaban J connectivity index is 0.00000196. The molecule has 1 unspecified atom stereocenters. The number of halogens is 1. The van der Waals surface area contributed by atoms with Gasteiger partial charge in [-0.2, -0.15) is 0 Å². The van der Waals surface area contributed by atoms with Crippen LogP contribution < -0.4 is 5.32 Å². The molecule has 0 bridgehead atoms. The summed E-state index contributed by atoms with van der Waals surface area (Å²) in [5.74, 6) is 0. The fourth-order valence-corrected chi connectivity index (χ4v) is 3.81. The normalized spacial score (nSPS) is 17.6. The maximum atomic E-state index is 3.71. The Hall–Kier alpha value is -2.35. The summed E-state index contributed by atoms with van der Waals surface area (Å²) < 4.78 is 0. The molecule has 0 aromatic heterocycles. The topological polar surface area (TPSA) is 12.0 Å². The van der Waals surface area contributed by atoms with Crippen LogP contribution in [0.15, 0.2) is 103 Å². The summed E-state index contributed by atoms with van der Waals surface area (Å²) in [6.07, 6.45) is 5.77.